The number of rotatable bonds is 3. The van der Waals surface area contributed by atoms with E-state index in [4.69, 9.17) is 0 Å². The summed E-state index contributed by atoms with van der Waals surface area (Å²) in [4.78, 5) is 28.4. The minimum atomic E-state index is -0.0431. The van der Waals surface area contributed by atoms with Gasteiger partial charge in [0.1, 0.15) is 0 Å². The lowest BCUT2D eigenvalue weighted by atomic mass is 10.1. The lowest BCUT2D eigenvalue weighted by Crippen LogP contribution is -2.41. The first-order valence-electron chi connectivity index (χ1n) is 5.47. The zero-order valence-electron chi connectivity index (χ0n) is 9.35. The molecule has 0 aromatic carbocycles. The van der Waals surface area contributed by atoms with Gasteiger partial charge in [-0.2, -0.15) is 0 Å². The summed E-state index contributed by atoms with van der Waals surface area (Å²) in [6.45, 7) is 0.469. The zero-order valence-corrected chi connectivity index (χ0v) is 9.35. The van der Waals surface area contributed by atoms with Crippen LogP contribution < -0.4 is 0 Å². The molecule has 5 heteroatoms. The minimum absolute atomic E-state index is 0.0431. The maximum absolute atomic E-state index is 11.5. The standard InChI is InChI=1S/C11H15N3O2/c1-13-8-12-7-9(13)5-6-14-10(15)3-2-4-11(14)16/h7-8H,2-6H2,1H3. The summed E-state index contributed by atoms with van der Waals surface area (Å²) in [5.74, 6) is -0.0863. The number of carbonyl (C=O) groups is 2. The smallest absolute Gasteiger partial charge is 0.229 e. The number of aryl methyl sites for hydroxylation is 1. The SMILES string of the molecule is Cn1cncc1CCN1C(=O)CCCC1=O. The van der Waals surface area contributed by atoms with Gasteiger partial charge in [0.2, 0.25) is 11.8 Å². The second-order valence-corrected chi connectivity index (χ2v) is 4.04. The highest BCUT2D eigenvalue weighted by atomic mass is 16.2. The predicted molar refractivity (Wildman–Crippen MR) is 57.5 cm³/mol. The summed E-state index contributed by atoms with van der Waals surface area (Å²) >= 11 is 0. The fraction of sp³-hybridized carbons (Fsp3) is 0.545. The zero-order chi connectivity index (χ0) is 11.5. The summed E-state index contributed by atoms with van der Waals surface area (Å²) in [6, 6.07) is 0. The van der Waals surface area contributed by atoms with Crippen LogP contribution in [0.3, 0.4) is 0 Å². The molecule has 0 atom stereocenters. The fourth-order valence-corrected chi connectivity index (χ4v) is 1.90. The molecule has 1 aliphatic rings. The van der Waals surface area contributed by atoms with E-state index < -0.39 is 0 Å². The molecule has 0 unspecified atom stereocenters. The van der Waals surface area contributed by atoms with E-state index >= 15 is 0 Å². The van der Waals surface area contributed by atoms with Crippen LogP contribution in [0.15, 0.2) is 12.5 Å². The summed E-state index contributed by atoms with van der Waals surface area (Å²) in [6.07, 6.45) is 5.84. The first-order chi connectivity index (χ1) is 7.68. The molecule has 2 rings (SSSR count). The topological polar surface area (TPSA) is 55.2 Å². The van der Waals surface area contributed by atoms with Crippen LogP contribution in [0.5, 0.6) is 0 Å². The molecule has 1 aromatic rings. The third-order valence-electron chi connectivity index (χ3n) is 2.89. The van der Waals surface area contributed by atoms with Gasteiger partial charge in [0.25, 0.3) is 0 Å². The molecule has 5 nitrogen and oxygen atoms in total. The Labute approximate surface area is 94.1 Å². The van der Waals surface area contributed by atoms with Crippen LogP contribution in [0.1, 0.15) is 25.0 Å². The normalized spacial score (nSPS) is 16.9. The molecule has 0 bridgehead atoms. The Morgan fingerprint density at radius 2 is 2.00 bits per heavy atom. The highest BCUT2D eigenvalue weighted by Crippen LogP contribution is 2.12. The van der Waals surface area contributed by atoms with Gasteiger partial charge >= 0.3 is 0 Å². The van der Waals surface area contributed by atoms with Crippen molar-refractivity contribution in [2.45, 2.75) is 25.7 Å². The molecule has 2 heterocycles. The number of aromatic nitrogens is 2. The molecule has 2 amide bonds. The van der Waals surface area contributed by atoms with Crippen molar-refractivity contribution in [2.24, 2.45) is 7.05 Å². The molecule has 0 aliphatic carbocycles. The van der Waals surface area contributed by atoms with Gasteiger partial charge in [-0.15, -0.1) is 0 Å². The third kappa shape index (κ3) is 2.13. The quantitative estimate of drug-likeness (QED) is 0.698. The Morgan fingerprint density at radius 3 is 2.56 bits per heavy atom. The lowest BCUT2D eigenvalue weighted by Gasteiger charge is -2.24. The second kappa shape index (κ2) is 4.47. The molecule has 0 radical (unpaired) electrons. The number of nitrogens with zero attached hydrogens (tertiary/aromatic N) is 3. The van der Waals surface area contributed by atoms with Crippen molar-refractivity contribution in [3.63, 3.8) is 0 Å². The monoisotopic (exact) mass is 221 g/mol. The summed E-state index contributed by atoms with van der Waals surface area (Å²) in [7, 11) is 1.90. The maximum atomic E-state index is 11.5. The Morgan fingerprint density at radius 1 is 1.31 bits per heavy atom. The number of hydrogen-bond acceptors (Lipinski definition) is 3. The summed E-state index contributed by atoms with van der Waals surface area (Å²) in [5.41, 5.74) is 1.03. The summed E-state index contributed by atoms with van der Waals surface area (Å²) < 4.78 is 1.90. The number of amides is 2. The highest BCUT2D eigenvalue weighted by molar-refractivity contribution is 5.97. The highest BCUT2D eigenvalue weighted by Gasteiger charge is 2.25. The molecule has 1 aliphatic heterocycles. The number of likely N-dealkylation sites (tertiary alicyclic amines) is 1. The van der Waals surface area contributed by atoms with E-state index in [-0.39, 0.29) is 11.8 Å². The summed E-state index contributed by atoms with van der Waals surface area (Å²) in [5, 5.41) is 0. The minimum Gasteiger partial charge on any atom is -0.338 e. The van der Waals surface area contributed by atoms with E-state index in [0.29, 0.717) is 32.2 Å². The van der Waals surface area contributed by atoms with E-state index in [1.165, 1.54) is 4.90 Å². The molecule has 1 fully saturated rings. The van der Waals surface area contributed by atoms with Crippen molar-refractivity contribution in [1.29, 1.82) is 0 Å². The number of imidazole rings is 1. The van der Waals surface area contributed by atoms with Crippen molar-refractivity contribution in [1.82, 2.24) is 14.5 Å². The van der Waals surface area contributed by atoms with Crippen LogP contribution in [0.25, 0.3) is 0 Å². The van der Waals surface area contributed by atoms with Gasteiger partial charge in [0.05, 0.1) is 6.33 Å². The maximum Gasteiger partial charge on any atom is 0.229 e. The number of piperidine rings is 1. The van der Waals surface area contributed by atoms with Crippen LogP contribution in [0.4, 0.5) is 0 Å². The van der Waals surface area contributed by atoms with Gasteiger partial charge in [0, 0.05) is 44.7 Å². The average Bonchev–Trinajstić information content (AvgIpc) is 2.64. The first-order valence-corrected chi connectivity index (χ1v) is 5.47. The third-order valence-corrected chi connectivity index (χ3v) is 2.89. The van der Waals surface area contributed by atoms with Crippen LogP contribution >= 0.6 is 0 Å². The Kier molecular flexibility index (Phi) is 3.03. The van der Waals surface area contributed by atoms with Gasteiger partial charge in [-0.05, 0) is 6.42 Å². The van der Waals surface area contributed by atoms with E-state index in [9.17, 15) is 9.59 Å². The van der Waals surface area contributed by atoms with Gasteiger partial charge in [-0.25, -0.2) is 4.98 Å². The van der Waals surface area contributed by atoms with Crippen LogP contribution in [-0.4, -0.2) is 32.8 Å². The molecule has 16 heavy (non-hydrogen) atoms. The van der Waals surface area contributed by atoms with Crippen molar-refractivity contribution >= 4 is 11.8 Å². The Balaban J connectivity index is 1.96. The predicted octanol–water partition coefficient (Wildman–Crippen LogP) is 0.502. The van der Waals surface area contributed by atoms with E-state index in [1.807, 2.05) is 11.6 Å². The average molecular weight is 221 g/mol. The molecule has 0 spiro atoms. The van der Waals surface area contributed by atoms with Gasteiger partial charge in [-0.3, -0.25) is 14.5 Å². The van der Waals surface area contributed by atoms with Crippen molar-refractivity contribution in [3.05, 3.63) is 18.2 Å². The second-order valence-electron chi connectivity index (χ2n) is 4.04. The fourth-order valence-electron chi connectivity index (χ4n) is 1.90. The molecule has 1 aromatic heterocycles. The molecular weight excluding hydrogens is 206 g/mol. The Bertz CT molecular complexity index is 395. The molecular formula is C11H15N3O2. The van der Waals surface area contributed by atoms with Gasteiger partial charge < -0.3 is 4.57 Å². The lowest BCUT2D eigenvalue weighted by molar-refractivity contribution is -0.147. The number of carbonyl (C=O) groups excluding carboxylic acids is 2. The van der Waals surface area contributed by atoms with Crippen molar-refractivity contribution in [3.8, 4) is 0 Å². The van der Waals surface area contributed by atoms with Gasteiger partial charge in [0.15, 0.2) is 0 Å². The van der Waals surface area contributed by atoms with E-state index in [0.717, 1.165) is 5.69 Å². The molecule has 0 saturated carbocycles. The van der Waals surface area contributed by atoms with Gasteiger partial charge in [-0.1, -0.05) is 0 Å². The first kappa shape index (κ1) is 10.9. The molecule has 0 N–H and O–H groups in total. The van der Waals surface area contributed by atoms with Crippen molar-refractivity contribution in [2.75, 3.05) is 6.54 Å². The van der Waals surface area contributed by atoms with Crippen LogP contribution in [0.2, 0.25) is 0 Å². The van der Waals surface area contributed by atoms with Crippen LogP contribution in [-0.2, 0) is 23.1 Å². The van der Waals surface area contributed by atoms with Crippen molar-refractivity contribution < 1.29 is 9.59 Å². The van der Waals surface area contributed by atoms with E-state index in [1.54, 1.807) is 12.5 Å². The largest absolute Gasteiger partial charge is 0.338 e. The number of hydrogen-bond donors (Lipinski definition) is 0. The van der Waals surface area contributed by atoms with E-state index in [2.05, 4.69) is 4.98 Å². The molecule has 1 saturated heterocycles. The number of imide groups is 1. The van der Waals surface area contributed by atoms with Crippen LogP contribution in [0, 0.1) is 0 Å². The Hall–Kier alpha value is -1.65. The molecule has 86 valence electrons.